The zero-order chi connectivity index (χ0) is 18.2. The van der Waals surface area contributed by atoms with Crippen LogP contribution in [0.15, 0.2) is 51.6 Å². The Hall–Kier alpha value is -2.52. The third-order valence-corrected chi connectivity index (χ3v) is 6.22. The molecule has 0 aromatic carbocycles. The van der Waals surface area contributed by atoms with E-state index < -0.39 is 0 Å². The number of thiophene rings is 1. The van der Waals surface area contributed by atoms with Gasteiger partial charge in [0.15, 0.2) is 11.0 Å². The molecule has 4 aromatic heterocycles. The minimum Gasteiger partial charge on any atom is -0.419 e. The molecular weight excluding hydrogens is 380 g/mol. The van der Waals surface area contributed by atoms with Crippen LogP contribution < -0.4 is 0 Å². The first-order valence-corrected chi connectivity index (χ1v) is 10.4. The monoisotopic (exact) mass is 396 g/mol. The molecule has 4 aromatic rings. The minimum absolute atomic E-state index is 0.0156. The van der Waals surface area contributed by atoms with Crippen LogP contribution in [0.5, 0.6) is 0 Å². The number of nitrogens with zero attached hydrogens (tertiary/aromatic N) is 6. The van der Waals surface area contributed by atoms with Crippen molar-refractivity contribution in [1.29, 1.82) is 0 Å². The van der Waals surface area contributed by atoms with Crippen LogP contribution in [0.1, 0.15) is 36.9 Å². The highest BCUT2D eigenvalue weighted by Crippen LogP contribution is 2.43. The van der Waals surface area contributed by atoms with Crippen molar-refractivity contribution in [2.45, 2.75) is 36.2 Å². The topological polar surface area (TPSA) is 82.5 Å². The first-order valence-electron chi connectivity index (χ1n) is 8.69. The summed E-state index contributed by atoms with van der Waals surface area (Å²) in [5, 5.41) is 20.1. The fourth-order valence-electron chi connectivity index (χ4n) is 2.82. The van der Waals surface area contributed by atoms with Gasteiger partial charge in [-0.3, -0.25) is 9.55 Å². The third-order valence-electron chi connectivity index (χ3n) is 4.32. The van der Waals surface area contributed by atoms with Crippen LogP contribution >= 0.6 is 23.1 Å². The molecule has 1 fully saturated rings. The maximum absolute atomic E-state index is 5.87. The second-order valence-electron chi connectivity index (χ2n) is 6.33. The lowest BCUT2D eigenvalue weighted by molar-refractivity contribution is 0.509. The Kier molecular flexibility index (Phi) is 4.25. The Morgan fingerprint density at radius 2 is 2.00 bits per heavy atom. The highest BCUT2D eigenvalue weighted by molar-refractivity contribution is 7.99. The standard InChI is InChI=1S/C18H16N6OS2/c1-11(16-21-22-17(25-16)14-3-2-10-26-14)27-18-23-20-15(24(18)13-4-5-13)12-6-8-19-9-7-12/h2-3,6-11,13H,4-5H2,1H3. The summed E-state index contributed by atoms with van der Waals surface area (Å²) in [7, 11) is 0. The molecule has 0 radical (unpaired) electrons. The third kappa shape index (κ3) is 3.28. The summed E-state index contributed by atoms with van der Waals surface area (Å²) < 4.78 is 8.10. The van der Waals surface area contributed by atoms with Crippen LogP contribution in [0.2, 0.25) is 0 Å². The van der Waals surface area contributed by atoms with Gasteiger partial charge in [0, 0.05) is 24.0 Å². The lowest BCUT2D eigenvalue weighted by atomic mass is 10.2. The molecule has 27 heavy (non-hydrogen) atoms. The number of aromatic nitrogens is 6. The Morgan fingerprint density at radius 1 is 1.15 bits per heavy atom. The molecule has 1 unspecified atom stereocenters. The summed E-state index contributed by atoms with van der Waals surface area (Å²) >= 11 is 3.18. The molecule has 0 bridgehead atoms. The highest BCUT2D eigenvalue weighted by atomic mass is 32.2. The largest absolute Gasteiger partial charge is 0.419 e. The minimum atomic E-state index is -0.0156. The second-order valence-corrected chi connectivity index (χ2v) is 8.58. The van der Waals surface area contributed by atoms with Crippen molar-refractivity contribution < 1.29 is 4.42 Å². The smallest absolute Gasteiger partial charge is 0.257 e. The van der Waals surface area contributed by atoms with Gasteiger partial charge in [0.1, 0.15) is 0 Å². The van der Waals surface area contributed by atoms with Gasteiger partial charge in [-0.05, 0) is 43.3 Å². The van der Waals surface area contributed by atoms with Crippen molar-refractivity contribution in [3.63, 3.8) is 0 Å². The Labute approximate surface area is 163 Å². The Balaban J connectivity index is 1.42. The van der Waals surface area contributed by atoms with Crippen LogP contribution in [0, 0.1) is 0 Å². The lowest BCUT2D eigenvalue weighted by Crippen LogP contribution is -2.01. The Morgan fingerprint density at radius 3 is 2.74 bits per heavy atom. The molecule has 0 spiro atoms. The summed E-state index contributed by atoms with van der Waals surface area (Å²) in [6.07, 6.45) is 5.87. The fraction of sp³-hybridized carbons (Fsp3) is 0.278. The van der Waals surface area contributed by atoms with Crippen LogP contribution in [0.4, 0.5) is 0 Å². The van der Waals surface area contributed by atoms with E-state index in [1.54, 1.807) is 35.5 Å². The predicted octanol–water partition coefficient (Wildman–Crippen LogP) is 4.64. The van der Waals surface area contributed by atoms with Gasteiger partial charge in [-0.25, -0.2) is 0 Å². The number of pyridine rings is 1. The zero-order valence-electron chi connectivity index (χ0n) is 14.5. The molecular formula is C18H16N6OS2. The number of hydrogen-bond donors (Lipinski definition) is 0. The molecule has 1 atom stereocenters. The quantitative estimate of drug-likeness (QED) is 0.439. The van der Waals surface area contributed by atoms with E-state index in [4.69, 9.17) is 4.42 Å². The summed E-state index contributed by atoms with van der Waals surface area (Å²) in [5.41, 5.74) is 1.03. The van der Waals surface area contributed by atoms with Gasteiger partial charge >= 0.3 is 0 Å². The van der Waals surface area contributed by atoms with Crippen LogP contribution in [0.25, 0.3) is 22.2 Å². The maximum atomic E-state index is 5.87. The molecule has 7 nitrogen and oxygen atoms in total. The number of thioether (sulfide) groups is 1. The molecule has 136 valence electrons. The first kappa shape index (κ1) is 16.6. The normalized spacial score (nSPS) is 15.1. The molecule has 1 aliphatic carbocycles. The average molecular weight is 397 g/mol. The summed E-state index contributed by atoms with van der Waals surface area (Å²) in [6.45, 7) is 2.05. The number of hydrogen-bond acceptors (Lipinski definition) is 8. The molecule has 9 heteroatoms. The van der Waals surface area contributed by atoms with Crippen molar-refractivity contribution in [3.8, 4) is 22.2 Å². The molecule has 1 aliphatic rings. The van der Waals surface area contributed by atoms with Crippen molar-refractivity contribution in [3.05, 3.63) is 47.9 Å². The summed E-state index contributed by atoms with van der Waals surface area (Å²) in [6, 6.07) is 8.34. The van der Waals surface area contributed by atoms with E-state index in [-0.39, 0.29) is 5.25 Å². The number of rotatable bonds is 6. The molecule has 1 saturated carbocycles. The van der Waals surface area contributed by atoms with E-state index in [0.29, 0.717) is 17.8 Å². The van der Waals surface area contributed by atoms with E-state index in [1.807, 2.05) is 29.6 Å². The molecule has 5 rings (SSSR count). The van der Waals surface area contributed by atoms with Crippen LogP contribution in [-0.2, 0) is 0 Å². The Bertz CT molecular complexity index is 1040. The van der Waals surface area contributed by atoms with Gasteiger partial charge < -0.3 is 4.42 Å². The lowest BCUT2D eigenvalue weighted by Gasteiger charge is -2.10. The van der Waals surface area contributed by atoms with Gasteiger partial charge in [0.25, 0.3) is 5.89 Å². The van der Waals surface area contributed by atoms with Crippen LogP contribution in [-0.4, -0.2) is 29.9 Å². The van der Waals surface area contributed by atoms with Gasteiger partial charge in [-0.15, -0.1) is 31.7 Å². The van der Waals surface area contributed by atoms with Gasteiger partial charge in [0.2, 0.25) is 5.89 Å². The molecule has 0 N–H and O–H groups in total. The van der Waals surface area contributed by atoms with Gasteiger partial charge in [-0.2, -0.15) is 0 Å². The molecule has 0 amide bonds. The molecule has 0 saturated heterocycles. The molecule has 0 aliphatic heterocycles. The van der Waals surface area contributed by atoms with E-state index in [2.05, 4.69) is 36.9 Å². The molecule has 4 heterocycles. The van der Waals surface area contributed by atoms with E-state index >= 15 is 0 Å². The maximum Gasteiger partial charge on any atom is 0.257 e. The van der Waals surface area contributed by atoms with E-state index in [0.717, 1.165) is 34.3 Å². The summed E-state index contributed by atoms with van der Waals surface area (Å²) in [4.78, 5) is 5.07. The van der Waals surface area contributed by atoms with Crippen molar-refractivity contribution >= 4 is 23.1 Å². The first-order chi connectivity index (χ1) is 13.3. The zero-order valence-corrected chi connectivity index (χ0v) is 16.2. The van der Waals surface area contributed by atoms with Crippen LogP contribution in [0.3, 0.4) is 0 Å². The van der Waals surface area contributed by atoms with Crippen molar-refractivity contribution in [2.24, 2.45) is 0 Å². The van der Waals surface area contributed by atoms with E-state index in [9.17, 15) is 0 Å². The van der Waals surface area contributed by atoms with Gasteiger partial charge in [-0.1, -0.05) is 17.8 Å². The average Bonchev–Trinajstić information content (AvgIpc) is 3.11. The van der Waals surface area contributed by atoms with Crippen molar-refractivity contribution in [1.82, 2.24) is 29.9 Å². The highest BCUT2D eigenvalue weighted by Gasteiger charge is 2.31. The summed E-state index contributed by atoms with van der Waals surface area (Å²) in [5.74, 6) is 2.05. The fourth-order valence-corrected chi connectivity index (χ4v) is 4.42. The predicted molar refractivity (Wildman–Crippen MR) is 103 cm³/mol. The second kappa shape index (κ2) is 6.90. The van der Waals surface area contributed by atoms with Gasteiger partial charge in [0.05, 0.1) is 10.1 Å². The SMILES string of the molecule is CC(Sc1nnc(-c2ccncc2)n1C1CC1)c1nnc(-c2cccs2)o1. The van der Waals surface area contributed by atoms with Crippen molar-refractivity contribution in [2.75, 3.05) is 0 Å². The van der Waals surface area contributed by atoms with E-state index in [1.165, 1.54) is 0 Å².